The number of methoxy groups -OCH3 is 1. The Morgan fingerprint density at radius 1 is 0.875 bits per heavy atom. The second-order valence-corrected chi connectivity index (χ2v) is 10.0. The highest BCUT2D eigenvalue weighted by atomic mass is 32.2. The number of nitrogens with one attached hydrogen (secondary N) is 1. The number of likely N-dealkylation sites (tertiary alicyclic amines) is 1. The van der Waals surface area contributed by atoms with Gasteiger partial charge in [-0.25, -0.2) is 13.2 Å². The predicted octanol–water partition coefficient (Wildman–Crippen LogP) is 3.22. The van der Waals surface area contributed by atoms with E-state index in [9.17, 15) is 13.2 Å². The lowest BCUT2D eigenvalue weighted by molar-refractivity contribution is 0.200. The Hall–Kier alpha value is -2.78. The highest BCUT2D eigenvalue weighted by Crippen LogP contribution is 2.29. The van der Waals surface area contributed by atoms with Crippen LogP contribution in [0.1, 0.15) is 19.3 Å². The Morgan fingerprint density at radius 3 is 2.19 bits per heavy atom. The van der Waals surface area contributed by atoms with Crippen LogP contribution in [0.3, 0.4) is 0 Å². The van der Waals surface area contributed by atoms with Crippen LogP contribution in [0.2, 0.25) is 0 Å². The Morgan fingerprint density at radius 2 is 1.53 bits per heavy atom. The van der Waals surface area contributed by atoms with Crippen LogP contribution in [0.15, 0.2) is 53.4 Å². The zero-order chi connectivity index (χ0) is 22.6. The second-order valence-electron chi connectivity index (χ2n) is 8.07. The molecule has 2 amide bonds. The molecule has 32 heavy (non-hydrogen) atoms. The van der Waals surface area contributed by atoms with E-state index in [1.807, 2.05) is 24.3 Å². The largest absolute Gasteiger partial charge is 0.495 e. The van der Waals surface area contributed by atoms with Crippen LogP contribution in [0.4, 0.5) is 16.2 Å². The van der Waals surface area contributed by atoms with Crippen molar-refractivity contribution < 1.29 is 17.9 Å². The molecule has 0 unspecified atom stereocenters. The van der Waals surface area contributed by atoms with Gasteiger partial charge in [-0.15, -0.1) is 0 Å². The average Bonchev–Trinajstić information content (AvgIpc) is 2.85. The van der Waals surface area contributed by atoms with Crippen LogP contribution >= 0.6 is 0 Å². The molecule has 2 aliphatic heterocycles. The molecule has 0 bridgehead atoms. The van der Waals surface area contributed by atoms with Crippen molar-refractivity contribution in [1.29, 1.82) is 0 Å². The summed E-state index contributed by atoms with van der Waals surface area (Å²) >= 11 is 0. The molecular formula is C23H30N4O4S. The van der Waals surface area contributed by atoms with Crippen LogP contribution in [0.5, 0.6) is 5.75 Å². The molecule has 2 aromatic rings. The van der Waals surface area contributed by atoms with E-state index >= 15 is 0 Å². The molecule has 1 N–H and O–H groups in total. The van der Waals surface area contributed by atoms with Crippen molar-refractivity contribution in [2.24, 2.45) is 0 Å². The monoisotopic (exact) mass is 458 g/mol. The highest BCUT2D eigenvalue weighted by Gasteiger charge is 2.29. The van der Waals surface area contributed by atoms with Gasteiger partial charge >= 0.3 is 6.03 Å². The molecule has 0 aliphatic carbocycles. The Balaban J connectivity index is 1.38. The summed E-state index contributed by atoms with van der Waals surface area (Å²) < 4.78 is 33.2. The molecule has 0 aromatic heterocycles. The van der Waals surface area contributed by atoms with E-state index in [-0.39, 0.29) is 10.9 Å². The predicted molar refractivity (Wildman–Crippen MR) is 125 cm³/mol. The number of amides is 2. The van der Waals surface area contributed by atoms with E-state index in [4.69, 9.17) is 4.74 Å². The Labute approximate surface area is 189 Å². The number of carbonyl (C=O) groups is 1. The maximum Gasteiger partial charge on any atom is 0.321 e. The van der Waals surface area contributed by atoms with Gasteiger partial charge in [-0.3, -0.25) is 0 Å². The minimum atomic E-state index is -3.60. The van der Waals surface area contributed by atoms with Gasteiger partial charge in [0.2, 0.25) is 10.0 Å². The molecule has 0 saturated carbocycles. The van der Waals surface area contributed by atoms with Gasteiger partial charge in [0.25, 0.3) is 0 Å². The van der Waals surface area contributed by atoms with Crippen molar-refractivity contribution in [3.05, 3.63) is 48.5 Å². The molecule has 4 rings (SSSR count). The number of carbonyl (C=O) groups excluding carboxylic acids is 1. The van der Waals surface area contributed by atoms with E-state index in [2.05, 4.69) is 10.2 Å². The van der Waals surface area contributed by atoms with Gasteiger partial charge in [0.05, 0.1) is 17.7 Å². The Bertz CT molecular complexity index is 1030. The quantitative estimate of drug-likeness (QED) is 0.744. The van der Waals surface area contributed by atoms with Crippen LogP contribution in [0, 0.1) is 0 Å². The van der Waals surface area contributed by atoms with Gasteiger partial charge < -0.3 is 19.9 Å². The highest BCUT2D eigenvalue weighted by molar-refractivity contribution is 7.89. The van der Waals surface area contributed by atoms with Gasteiger partial charge in [0.15, 0.2) is 0 Å². The van der Waals surface area contributed by atoms with Crippen molar-refractivity contribution >= 4 is 27.4 Å². The molecule has 9 heteroatoms. The third-order valence-corrected chi connectivity index (χ3v) is 7.96. The van der Waals surface area contributed by atoms with Gasteiger partial charge in [0, 0.05) is 45.0 Å². The van der Waals surface area contributed by atoms with Crippen LogP contribution in [-0.2, 0) is 10.0 Å². The summed E-state index contributed by atoms with van der Waals surface area (Å²) in [5.74, 6) is 0.783. The van der Waals surface area contributed by atoms with Crippen molar-refractivity contribution in [1.82, 2.24) is 9.21 Å². The van der Waals surface area contributed by atoms with Crippen LogP contribution < -0.4 is 15.0 Å². The summed E-state index contributed by atoms with van der Waals surface area (Å²) in [4.78, 5) is 16.5. The van der Waals surface area contributed by atoms with Crippen molar-refractivity contribution in [3.8, 4) is 5.75 Å². The first-order valence-electron chi connectivity index (χ1n) is 11.0. The fourth-order valence-electron chi connectivity index (χ4n) is 4.22. The molecular weight excluding hydrogens is 428 g/mol. The first-order chi connectivity index (χ1) is 15.5. The summed E-state index contributed by atoms with van der Waals surface area (Å²) in [7, 11) is -1.96. The molecule has 2 fully saturated rings. The third-order valence-electron chi connectivity index (χ3n) is 6.05. The fourth-order valence-corrected chi connectivity index (χ4v) is 5.64. The molecule has 2 aliphatic rings. The number of nitrogens with zero attached hydrogens (tertiary/aromatic N) is 3. The molecule has 2 aromatic carbocycles. The number of urea groups is 1. The minimum Gasteiger partial charge on any atom is -0.495 e. The molecule has 8 nitrogen and oxygen atoms in total. The topological polar surface area (TPSA) is 82.2 Å². The number of piperidine rings is 1. The third kappa shape index (κ3) is 4.83. The number of rotatable bonds is 5. The molecule has 172 valence electrons. The first kappa shape index (κ1) is 22.4. The summed E-state index contributed by atoms with van der Waals surface area (Å²) in [6.07, 6.45) is 3.20. The van der Waals surface area contributed by atoms with Crippen LogP contribution in [0.25, 0.3) is 0 Å². The lowest BCUT2D eigenvalue weighted by Gasteiger charge is -2.35. The molecule has 0 atom stereocenters. The smallest absolute Gasteiger partial charge is 0.321 e. The van der Waals surface area contributed by atoms with E-state index < -0.39 is 10.0 Å². The number of benzene rings is 2. The number of anilines is 2. The number of hydrogen-bond acceptors (Lipinski definition) is 5. The van der Waals surface area contributed by atoms with Crippen molar-refractivity contribution in [2.75, 3.05) is 56.6 Å². The number of sulfonamides is 1. The number of piperazine rings is 1. The van der Waals surface area contributed by atoms with Gasteiger partial charge in [-0.1, -0.05) is 12.1 Å². The second kappa shape index (κ2) is 9.79. The van der Waals surface area contributed by atoms with Crippen molar-refractivity contribution in [3.63, 3.8) is 0 Å². The summed E-state index contributed by atoms with van der Waals surface area (Å²) in [5.41, 5.74) is 1.57. The van der Waals surface area contributed by atoms with Crippen LogP contribution in [-0.4, -0.2) is 70.0 Å². The van der Waals surface area contributed by atoms with E-state index in [0.717, 1.165) is 43.8 Å². The van der Waals surface area contributed by atoms with Gasteiger partial charge in [-0.05, 0) is 55.7 Å². The standard InChI is InChI=1S/C23H30N4O4S/c1-31-22-8-4-3-7-21(22)25-15-17-27(18-16-25)32(29,30)20-11-9-19(10-12-20)24-23(28)26-13-5-2-6-14-26/h3-4,7-12H,2,5-6,13-18H2,1H3,(H,24,28). The maximum absolute atomic E-state index is 13.1. The number of hydrogen-bond donors (Lipinski definition) is 1. The molecule has 2 heterocycles. The first-order valence-corrected chi connectivity index (χ1v) is 12.5. The van der Waals surface area contributed by atoms with E-state index in [0.29, 0.717) is 31.9 Å². The van der Waals surface area contributed by atoms with Crippen molar-refractivity contribution in [2.45, 2.75) is 24.2 Å². The maximum atomic E-state index is 13.1. The summed E-state index contributed by atoms with van der Waals surface area (Å²) in [6, 6.07) is 14.1. The normalized spacial score (nSPS) is 17.8. The minimum absolute atomic E-state index is 0.132. The number of para-hydroxylation sites is 2. The fraction of sp³-hybridized carbons (Fsp3) is 0.435. The zero-order valence-corrected chi connectivity index (χ0v) is 19.2. The lowest BCUT2D eigenvalue weighted by Crippen LogP contribution is -2.48. The van der Waals surface area contributed by atoms with Gasteiger partial charge in [-0.2, -0.15) is 4.31 Å². The summed E-state index contributed by atoms with van der Waals surface area (Å²) in [5, 5.41) is 2.86. The molecule has 0 radical (unpaired) electrons. The average molecular weight is 459 g/mol. The number of ether oxygens (including phenoxy) is 1. The zero-order valence-electron chi connectivity index (χ0n) is 18.4. The van der Waals surface area contributed by atoms with Gasteiger partial charge in [0.1, 0.15) is 5.75 Å². The summed E-state index contributed by atoms with van der Waals surface area (Å²) in [6.45, 7) is 3.49. The Kier molecular flexibility index (Phi) is 6.86. The molecule has 2 saturated heterocycles. The lowest BCUT2D eigenvalue weighted by atomic mass is 10.1. The van der Waals surface area contributed by atoms with E-state index in [1.54, 1.807) is 36.3 Å². The molecule has 0 spiro atoms. The van der Waals surface area contributed by atoms with E-state index in [1.165, 1.54) is 4.31 Å². The SMILES string of the molecule is COc1ccccc1N1CCN(S(=O)(=O)c2ccc(NC(=O)N3CCCCC3)cc2)CC1.